The van der Waals surface area contributed by atoms with Gasteiger partial charge in [-0.3, -0.25) is 23.5 Å². The molecule has 2 amide bonds. The third kappa shape index (κ3) is 9.91. The number of carbonyl (C=O) groups is 2. The van der Waals surface area contributed by atoms with Crippen molar-refractivity contribution in [1.29, 1.82) is 0 Å². The molecule has 7 N–H and O–H groups in total. The van der Waals surface area contributed by atoms with Gasteiger partial charge in [0, 0.05) is 31.4 Å². The lowest BCUT2D eigenvalue weighted by atomic mass is 9.89. The summed E-state index contributed by atoms with van der Waals surface area (Å²) in [5.41, 5.74) is 15.3. The molecule has 0 aromatic carbocycles. The molecule has 0 radical (unpaired) electrons. The molecule has 17 nitrogen and oxygen atoms in total. The summed E-state index contributed by atoms with van der Waals surface area (Å²) >= 11 is 0. The van der Waals surface area contributed by atoms with Gasteiger partial charge in [-0.05, 0) is 81.8 Å². The summed E-state index contributed by atoms with van der Waals surface area (Å²) in [6.07, 6.45) is 1.08. The lowest BCUT2D eigenvalue weighted by molar-refractivity contribution is -0.139. The first kappa shape index (κ1) is 48.0. The van der Waals surface area contributed by atoms with Crippen molar-refractivity contribution in [2.75, 3.05) is 26.2 Å². The number of nitrogens with zero attached hydrogens (tertiary/aromatic N) is 3. The van der Waals surface area contributed by atoms with Crippen molar-refractivity contribution in [2.45, 2.75) is 166 Å². The third-order valence-corrected chi connectivity index (χ3v) is 22.7. The highest BCUT2D eigenvalue weighted by Gasteiger charge is 2.67. The Morgan fingerprint density at radius 3 is 2.26 bits per heavy atom. The maximum Gasteiger partial charge on any atom is 0.333 e. The third-order valence-electron chi connectivity index (χ3n) is 12.7. The van der Waals surface area contributed by atoms with Crippen LogP contribution >= 0.6 is 0 Å². The molecule has 3 aliphatic heterocycles. The molecule has 20 heteroatoms. The number of amides is 2. The van der Waals surface area contributed by atoms with Gasteiger partial charge in [0.15, 0.2) is 28.5 Å². The van der Waals surface area contributed by atoms with E-state index >= 15 is 0 Å². The van der Waals surface area contributed by atoms with E-state index < -0.39 is 74.1 Å². The van der Waals surface area contributed by atoms with Crippen molar-refractivity contribution in [2.24, 2.45) is 17.2 Å². The van der Waals surface area contributed by atoms with Crippen LogP contribution in [0.2, 0.25) is 36.3 Å². The molecule has 4 rings (SSSR count). The molecule has 1 aromatic heterocycles. The van der Waals surface area contributed by atoms with E-state index in [1.807, 2.05) is 33.9 Å². The Balaban J connectivity index is 1.65. The van der Waals surface area contributed by atoms with Gasteiger partial charge >= 0.3 is 5.69 Å². The molecule has 58 heavy (non-hydrogen) atoms. The fourth-order valence-corrected chi connectivity index (χ4v) is 10.6. The molecule has 4 heterocycles. The summed E-state index contributed by atoms with van der Waals surface area (Å²) in [7, 11) is -9.53. The van der Waals surface area contributed by atoms with Gasteiger partial charge in [-0.1, -0.05) is 48.0 Å². The largest absolute Gasteiger partial charge is 0.414 e. The minimum atomic E-state index is -4.30. The summed E-state index contributed by atoms with van der Waals surface area (Å²) in [5, 5.41) is 3.17. The second-order valence-electron chi connectivity index (χ2n) is 19.0. The quantitative estimate of drug-likeness (QED) is 0.106. The number of rotatable bonds is 16. The molecule has 2 fully saturated rings. The molecule has 2 saturated heterocycles. The van der Waals surface area contributed by atoms with Crippen molar-refractivity contribution in [1.82, 2.24) is 19.4 Å². The van der Waals surface area contributed by atoms with Gasteiger partial charge in [-0.15, -0.1) is 0 Å². The number of hydrogen-bond acceptors (Lipinski definition) is 13. The molecule has 1 aromatic rings. The topological polar surface area (TPSA) is 243 Å². The summed E-state index contributed by atoms with van der Waals surface area (Å²) in [6.45, 7) is 22.9. The van der Waals surface area contributed by atoms with Crippen molar-refractivity contribution < 1.29 is 35.8 Å². The molecule has 4 unspecified atom stereocenters. The normalized spacial score (nSPS) is 25.7. The molecule has 0 bridgehead atoms. The van der Waals surface area contributed by atoms with Crippen molar-refractivity contribution in [3.8, 4) is 0 Å². The number of ether oxygens (including phenoxy) is 1. The number of carbonyl (C=O) groups excluding carboxylic acids is 2. The highest BCUT2D eigenvalue weighted by Crippen LogP contribution is 2.52. The van der Waals surface area contributed by atoms with Gasteiger partial charge < -0.3 is 41.0 Å². The number of nitrogens with two attached hydrogens (primary N) is 3. The van der Waals surface area contributed by atoms with Crippen molar-refractivity contribution in [3.05, 3.63) is 43.7 Å². The van der Waals surface area contributed by atoms with Gasteiger partial charge in [0.1, 0.15) is 18.2 Å². The predicted octanol–water partition coefficient (Wildman–Crippen LogP) is 2.48. The van der Waals surface area contributed by atoms with Crippen LogP contribution in [0.5, 0.6) is 0 Å². The average Bonchev–Trinajstić information content (AvgIpc) is 3.77. The lowest BCUT2D eigenvalue weighted by Gasteiger charge is -2.43. The Morgan fingerprint density at radius 1 is 1.05 bits per heavy atom. The predicted molar refractivity (Wildman–Crippen MR) is 227 cm³/mol. The molecule has 0 saturated carbocycles. The number of aryl methyl sites for hydroxylation is 1. The average molecular weight is 872 g/mol. The van der Waals surface area contributed by atoms with Crippen LogP contribution in [0.15, 0.2) is 26.9 Å². The van der Waals surface area contributed by atoms with Crippen LogP contribution < -0.4 is 33.8 Å². The fourth-order valence-electron chi connectivity index (χ4n) is 7.07. The van der Waals surface area contributed by atoms with Crippen LogP contribution in [0.4, 0.5) is 0 Å². The van der Waals surface area contributed by atoms with E-state index in [0.717, 1.165) is 22.8 Å². The van der Waals surface area contributed by atoms with Crippen LogP contribution in [0.25, 0.3) is 0 Å². The first-order chi connectivity index (χ1) is 26.6. The van der Waals surface area contributed by atoms with Gasteiger partial charge in [0.25, 0.3) is 15.7 Å². The highest BCUT2D eigenvalue weighted by atomic mass is 32.2. The first-order valence-electron chi connectivity index (χ1n) is 20.4. The van der Waals surface area contributed by atoms with E-state index in [4.69, 9.17) is 35.0 Å². The van der Waals surface area contributed by atoms with Gasteiger partial charge in [0.05, 0.1) is 23.8 Å². The number of hydrogen-bond donors (Lipinski definition) is 4. The second-order valence-corrected chi connectivity index (χ2v) is 30.0. The van der Waals surface area contributed by atoms with Crippen LogP contribution in [0.3, 0.4) is 0 Å². The zero-order valence-electron chi connectivity index (χ0n) is 36.4. The molecule has 3 aliphatic rings. The smallest absolute Gasteiger partial charge is 0.333 e. The minimum absolute atomic E-state index is 0.0601. The zero-order chi connectivity index (χ0) is 43.8. The standard InChI is InChI=1S/C38H69N7O10SSi2/c1-25-22-45(35(49)44(32(25)47)21-15-19-42-31(46)27-17-14-20-43(27)33(48)26(40)16-12-13-18-39)34-30(54-58(10,11)37(5,6)7)38(28(41)24-56(50,51)55-38)29(53-34)23-52-57(8,9)36(2,3)4/h22,24,26-27,29-30,34H,12-21,23,39-41H2,1-11H3,(H,42,46)/t26-,27-,29?,30?,34?,38?/m0/s1. The molecule has 0 aliphatic carbocycles. The molecule has 330 valence electrons. The summed E-state index contributed by atoms with van der Waals surface area (Å²) in [5.74, 6) is -0.590. The Morgan fingerprint density at radius 2 is 1.69 bits per heavy atom. The molecular weight excluding hydrogens is 803 g/mol. The maximum atomic E-state index is 14.4. The molecule has 6 atom stereocenters. The number of likely N-dealkylation sites (tertiary alicyclic amines) is 1. The molecule has 1 spiro atoms. The number of aromatic nitrogens is 2. The van der Waals surface area contributed by atoms with Gasteiger partial charge in [-0.2, -0.15) is 8.42 Å². The SMILES string of the molecule is Cc1cn(C2OC(CO[Si](C)(C)C(C)(C)C)C3(OS(=O)(=O)C=C3N)C2O[Si](C)(C)C(C)(C)C)c(=O)n(CCCNC(=O)[C@@H]2CCCN2C(=O)[C@@H](N)CCCCN)c1=O. The minimum Gasteiger partial charge on any atom is -0.414 e. The summed E-state index contributed by atoms with van der Waals surface area (Å²) in [6, 6.07) is -1.37. The summed E-state index contributed by atoms with van der Waals surface area (Å²) in [4.78, 5) is 55.9. The van der Waals surface area contributed by atoms with E-state index in [0.29, 0.717) is 32.4 Å². The van der Waals surface area contributed by atoms with Crippen LogP contribution in [-0.4, -0.2) is 107 Å². The maximum absolute atomic E-state index is 14.4. The monoisotopic (exact) mass is 871 g/mol. The molecular formula is C38H69N7O10SSi2. The van der Waals surface area contributed by atoms with E-state index in [1.165, 1.54) is 15.7 Å². The van der Waals surface area contributed by atoms with E-state index in [2.05, 4.69) is 39.2 Å². The number of nitrogens with one attached hydrogen (secondary N) is 1. The van der Waals surface area contributed by atoms with Gasteiger partial charge in [0.2, 0.25) is 11.8 Å². The zero-order valence-corrected chi connectivity index (χ0v) is 39.2. The Kier molecular flexibility index (Phi) is 14.7. The van der Waals surface area contributed by atoms with E-state index in [1.54, 1.807) is 6.92 Å². The Bertz CT molecular complexity index is 1940. The van der Waals surface area contributed by atoms with Gasteiger partial charge in [-0.25, -0.2) is 8.98 Å². The number of unbranched alkanes of at least 4 members (excludes halogenated alkanes) is 1. The fraction of sp³-hybridized carbons (Fsp3) is 0.789. The van der Waals surface area contributed by atoms with Crippen molar-refractivity contribution in [3.63, 3.8) is 0 Å². The Hall–Kier alpha value is -2.70. The van der Waals surface area contributed by atoms with Crippen LogP contribution in [-0.2, 0) is 44.0 Å². The van der Waals surface area contributed by atoms with Crippen LogP contribution in [0.1, 0.15) is 91.9 Å². The Labute approximate surface area is 345 Å². The van der Waals surface area contributed by atoms with E-state index in [9.17, 15) is 27.6 Å². The second kappa shape index (κ2) is 17.7. The lowest BCUT2D eigenvalue weighted by Crippen LogP contribution is -2.59. The van der Waals surface area contributed by atoms with Crippen molar-refractivity contribution >= 4 is 38.6 Å². The first-order valence-corrected chi connectivity index (χ1v) is 27.7. The van der Waals surface area contributed by atoms with E-state index in [-0.39, 0.29) is 59.3 Å². The highest BCUT2D eigenvalue weighted by molar-refractivity contribution is 7.90. The summed E-state index contributed by atoms with van der Waals surface area (Å²) < 4.78 is 54.9. The van der Waals surface area contributed by atoms with Crippen LogP contribution in [0, 0.1) is 6.92 Å².